The summed E-state index contributed by atoms with van der Waals surface area (Å²) in [6, 6.07) is 10.2. The minimum absolute atomic E-state index is 0.00857. The molecule has 1 aromatic heterocycles. The van der Waals surface area contributed by atoms with Crippen molar-refractivity contribution in [3.05, 3.63) is 80.6 Å². The highest BCUT2D eigenvalue weighted by Gasteiger charge is 2.41. The Morgan fingerprint density at radius 3 is 2.84 bits per heavy atom. The first kappa shape index (κ1) is 22.8. The number of ether oxygens (including phenoxy) is 1. The molecule has 0 spiro atoms. The van der Waals surface area contributed by atoms with Gasteiger partial charge in [-0.25, -0.2) is 9.18 Å². The molecule has 0 saturated carbocycles. The largest absolute Gasteiger partial charge is 0.461 e. The maximum atomic E-state index is 14.2. The summed E-state index contributed by atoms with van der Waals surface area (Å²) in [5.74, 6) is 0.267. The van der Waals surface area contributed by atoms with Crippen molar-refractivity contribution < 1.29 is 18.7 Å². The summed E-state index contributed by atoms with van der Waals surface area (Å²) in [6.07, 6.45) is 1.06. The SMILES string of the molecule is CCSCCOC(=O)C1=C(C)NC2=C(C(=O)C[C@@H](c3cccs3)C2)[C@@H]1c1cccc(F)c1. The summed E-state index contributed by atoms with van der Waals surface area (Å²) in [5, 5.41) is 5.35. The van der Waals surface area contributed by atoms with Crippen LogP contribution in [-0.2, 0) is 14.3 Å². The number of rotatable bonds is 7. The van der Waals surface area contributed by atoms with Crippen LogP contribution in [0.4, 0.5) is 4.39 Å². The lowest BCUT2D eigenvalue weighted by molar-refractivity contribution is -0.138. The topological polar surface area (TPSA) is 55.4 Å². The van der Waals surface area contributed by atoms with Crippen LogP contribution in [-0.4, -0.2) is 29.9 Å². The van der Waals surface area contributed by atoms with Gasteiger partial charge < -0.3 is 10.1 Å². The van der Waals surface area contributed by atoms with Crippen molar-refractivity contribution >= 4 is 34.9 Å². The van der Waals surface area contributed by atoms with E-state index < -0.39 is 17.7 Å². The van der Waals surface area contributed by atoms with Crippen molar-refractivity contribution in [3.63, 3.8) is 0 Å². The zero-order valence-electron chi connectivity index (χ0n) is 18.2. The number of carbonyl (C=O) groups excluding carboxylic acids is 2. The highest BCUT2D eigenvalue weighted by atomic mass is 32.2. The van der Waals surface area contributed by atoms with E-state index in [1.807, 2.05) is 18.4 Å². The van der Waals surface area contributed by atoms with E-state index in [-0.39, 0.29) is 11.7 Å². The average molecular weight is 472 g/mol. The predicted molar refractivity (Wildman–Crippen MR) is 127 cm³/mol. The van der Waals surface area contributed by atoms with Crippen LogP contribution < -0.4 is 5.32 Å². The minimum Gasteiger partial charge on any atom is -0.461 e. The molecule has 0 amide bonds. The molecule has 168 valence electrons. The van der Waals surface area contributed by atoms with Crippen LogP contribution in [0.2, 0.25) is 0 Å². The molecule has 1 aliphatic carbocycles. The molecule has 7 heteroatoms. The van der Waals surface area contributed by atoms with Crippen LogP contribution in [0.25, 0.3) is 0 Å². The van der Waals surface area contributed by atoms with Gasteiger partial charge in [0.25, 0.3) is 0 Å². The second kappa shape index (κ2) is 10.0. The maximum absolute atomic E-state index is 14.2. The molecular weight excluding hydrogens is 445 g/mol. The number of thioether (sulfide) groups is 1. The van der Waals surface area contributed by atoms with Crippen LogP contribution >= 0.6 is 23.1 Å². The molecule has 1 aliphatic heterocycles. The zero-order valence-corrected chi connectivity index (χ0v) is 19.8. The Bertz CT molecular complexity index is 1070. The number of carbonyl (C=O) groups is 2. The van der Waals surface area contributed by atoms with E-state index in [9.17, 15) is 14.0 Å². The fraction of sp³-hybridized carbons (Fsp3) is 0.360. The lowest BCUT2D eigenvalue weighted by Crippen LogP contribution is -2.36. The van der Waals surface area contributed by atoms with Crippen molar-refractivity contribution in [3.8, 4) is 0 Å². The van der Waals surface area contributed by atoms with E-state index in [0.29, 0.717) is 47.6 Å². The van der Waals surface area contributed by atoms with Gasteiger partial charge in [0, 0.05) is 45.9 Å². The van der Waals surface area contributed by atoms with Crippen molar-refractivity contribution in [2.45, 2.75) is 38.5 Å². The van der Waals surface area contributed by atoms with E-state index >= 15 is 0 Å². The normalized spacial score (nSPS) is 20.8. The molecule has 1 aromatic carbocycles. The van der Waals surface area contributed by atoms with Gasteiger partial charge in [0.1, 0.15) is 12.4 Å². The third-order valence-electron chi connectivity index (χ3n) is 5.84. The number of nitrogens with one attached hydrogen (secondary N) is 1. The van der Waals surface area contributed by atoms with Gasteiger partial charge in [-0.2, -0.15) is 11.8 Å². The van der Waals surface area contributed by atoms with E-state index in [4.69, 9.17) is 4.74 Å². The predicted octanol–water partition coefficient (Wildman–Crippen LogP) is 5.55. The Hall–Kier alpha value is -2.38. The molecule has 4 rings (SSSR count). The quantitative estimate of drug-likeness (QED) is 0.424. The number of hydrogen-bond acceptors (Lipinski definition) is 6. The summed E-state index contributed by atoms with van der Waals surface area (Å²) < 4.78 is 19.7. The molecule has 0 saturated heterocycles. The molecule has 2 heterocycles. The van der Waals surface area contributed by atoms with Crippen molar-refractivity contribution in [2.75, 3.05) is 18.1 Å². The monoisotopic (exact) mass is 471 g/mol. The number of dihydropyridines is 1. The highest BCUT2D eigenvalue weighted by Crippen LogP contribution is 2.46. The molecule has 32 heavy (non-hydrogen) atoms. The molecule has 2 atom stereocenters. The van der Waals surface area contributed by atoms with Gasteiger partial charge in [0.05, 0.1) is 5.57 Å². The van der Waals surface area contributed by atoms with Gasteiger partial charge in [-0.1, -0.05) is 25.1 Å². The van der Waals surface area contributed by atoms with Crippen LogP contribution in [0, 0.1) is 5.82 Å². The Kier molecular flexibility index (Phi) is 7.16. The zero-order chi connectivity index (χ0) is 22.7. The number of Topliss-reactive ketones (excluding diaryl/α,β-unsaturated/α-hetero) is 1. The number of ketones is 1. The Morgan fingerprint density at radius 2 is 2.12 bits per heavy atom. The third-order valence-corrected chi connectivity index (χ3v) is 7.74. The Balaban J connectivity index is 1.71. The lowest BCUT2D eigenvalue weighted by atomic mass is 9.72. The maximum Gasteiger partial charge on any atom is 0.336 e. The second-order valence-corrected chi connectivity index (χ2v) is 10.3. The molecule has 0 bridgehead atoms. The third kappa shape index (κ3) is 4.69. The molecule has 1 N–H and O–H groups in total. The van der Waals surface area contributed by atoms with E-state index in [0.717, 1.165) is 11.4 Å². The van der Waals surface area contributed by atoms with Crippen LogP contribution in [0.1, 0.15) is 49.0 Å². The second-order valence-electron chi connectivity index (χ2n) is 7.92. The first-order chi connectivity index (χ1) is 15.5. The minimum atomic E-state index is -0.634. The molecule has 4 nitrogen and oxygen atoms in total. The number of halogens is 1. The Morgan fingerprint density at radius 1 is 1.28 bits per heavy atom. The highest BCUT2D eigenvalue weighted by molar-refractivity contribution is 7.99. The van der Waals surface area contributed by atoms with Gasteiger partial charge in [-0.05, 0) is 48.2 Å². The average Bonchev–Trinajstić information content (AvgIpc) is 3.30. The smallest absolute Gasteiger partial charge is 0.336 e. The molecule has 2 aliphatic rings. The summed E-state index contributed by atoms with van der Waals surface area (Å²) in [5.41, 5.74) is 3.02. The van der Waals surface area contributed by atoms with Crippen LogP contribution in [0.5, 0.6) is 0 Å². The number of benzene rings is 1. The molecule has 0 unspecified atom stereocenters. The van der Waals surface area contributed by atoms with Crippen molar-refractivity contribution in [2.24, 2.45) is 0 Å². The fourth-order valence-electron chi connectivity index (χ4n) is 4.47. The lowest BCUT2D eigenvalue weighted by Gasteiger charge is -2.36. The first-order valence-corrected chi connectivity index (χ1v) is 12.8. The number of esters is 1. The molecule has 2 aromatic rings. The summed E-state index contributed by atoms with van der Waals surface area (Å²) in [6.45, 7) is 4.17. The van der Waals surface area contributed by atoms with Gasteiger partial charge in [-0.3, -0.25) is 4.79 Å². The van der Waals surface area contributed by atoms with E-state index in [2.05, 4.69) is 18.3 Å². The number of thiophene rings is 1. The number of hydrogen-bond donors (Lipinski definition) is 1. The summed E-state index contributed by atoms with van der Waals surface area (Å²) >= 11 is 3.34. The van der Waals surface area contributed by atoms with Crippen LogP contribution in [0.3, 0.4) is 0 Å². The Labute approximate surface area is 195 Å². The van der Waals surface area contributed by atoms with Crippen molar-refractivity contribution in [1.82, 2.24) is 5.32 Å². The standard InChI is InChI=1S/C25H26FNO3S2/c1-3-31-11-9-30-25(29)22-15(2)27-19-13-17(21-8-5-10-32-21)14-20(28)24(19)23(22)16-6-4-7-18(26)12-16/h4-8,10,12,17,23,27H,3,9,11,13-14H2,1-2H3/t17-,23+/m0/s1. The summed E-state index contributed by atoms with van der Waals surface area (Å²) in [4.78, 5) is 27.7. The molecular formula is C25H26FNO3S2. The van der Waals surface area contributed by atoms with Gasteiger partial charge in [0.2, 0.25) is 0 Å². The molecule has 0 radical (unpaired) electrons. The van der Waals surface area contributed by atoms with E-state index in [1.165, 1.54) is 17.0 Å². The summed E-state index contributed by atoms with van der Waals surface area (Å²) in [7, 11) is 0. The molecule has 0 fully saturated rings. The van der Waals surface area contributed by atoms with Gasteiger partial charge in [0.15, 0.2) is 5.78 Å². The number of allylic oxidation sites excluding steroid dienone is 3. The van der Waals surface area contributed by atoms with Crippen LogP contribution in [0.15, 0.2) is 64.3 Å². The van der Waals surface area contributed by atoms with Gasteiger partial charge >= 0.3 is 5.97 Å². The fourth-order valence-corrected chi connectivity index (χ4v) is 5.79. The first-order valence-electron chi connectivity index (χ1n) is 10.8. The van der Waals surface area contributed by atoms with E-state index in [1.54, 1.807) is 35.2 Å². The van der Waals surface area contributed by atoms with Gasteiger partial charge in [-0.15, -0.1) is 11.3 Å². The van der Waals surface area contributed by atoms with Crippen molar-refractivity contribution in [1.29, 1.82) is 0 Å².